The van der Waals surface area contributed by atoms with E-state index >= 15 is 0 Å². The highest BCUT2D eigenvalue weighted by Gasteiger charge is 2.18. The second-order valence-corrected chi connectivity index (χ2v) is 9.29. The van der Waals surface area contributed by atoms with Gasteiger partial charge >= 0.3 is 0 Å². The number of fused-ring (bicyclic) bond motifs is 1. The predicted octanol–water partition coefficient (Wildman–Crippen LogP) is 3.11. The van der Waals surface area contributed by atoms with Crippen LogP contribution in [0, 0.1) is 10.1 Å². The summed E-state index contributed by atoms with van der Waals surface area (Å²) in [5.74, 6) is -0.427. The van der Waals surface area contributed by atoms with Gasteiger partial charge in [0, 0.05) is 32.3 Å². The molecule has 0 fully saturated rings. The lowest BCUT2D eigenvalue weighted by Gasteiger charge is -2.10. The van der Waals surface area contributed by atoms with Crippen LogP contribution < -0.4 is 5.32 Å². The van der Waals surface area contributed by atoms with Crippen LogP contribution in [0.4, 0.5) is 10.8 Å². The van der Waals surface area contributed by atoms with E-state index < -0.39 is 20.9 Å². The average molecular weight is 432 g/mol. The number of nitro benzene ring substituents is 1. The molecule has 1 aromatic heterocycles. The highest BCUT2D eigenvalue weighted by atomic mass is 32.2. The van der Waals surface area contributed by atoms with Gasteiger partial charge in [-0.1, -0.05) is 11.3 Å². The van der Waals surface area contributed by atoms with Gasteiger partial charge in [-0.3, -0.25) is 20.2 Å². The van der Waals surface area contributed by atoms with Crippen molar-refractivity contribution in [3.8, 4) is 0 Å². The first kappa shape index (κ1) is 20.6. The Hall–Kier alpha value is -3.15. The van der Waals surface area contributed by atoms with Crippen LogP contribution in [0.15, 0.2) is 53.4 Å². The summed E-state index contributed by atoms with van der Waals surface area (Å²) < 4.78 is 26.2. The van der Waals surface area contributed by atoms with E-state index in [-0.39, 0.29) is 10.6 Å². The summed E-state index contributed by atoms with van der Waals surface area (Å²) in [6.07, 6.45) is 2.81. The smallest absolute Gasteiger partial charge is 0.269 e. The topological polar surface area (TPSA) is 123 Å². The Balaban J connectivity index is 1.74. The minimum atomic E-state index is -3.56. The average Bonchev–Trinajstić information content (AvgIpc) is 3.07. The summed E-state index contributed by atoms with van der Waals surface area (Å²) in [7, 11) is -0.651. The number of carbonyl (C=O) groups excluding carboxylic acids is 1. The molecule has 0 saturated carbocycles. The summed E-state index contributed by atoms with van der Waals surface area (Å²) >= 11 is 1.16. The fraction of sp³-hybridized carbons (Fsp3) is 0.111. The first-order valence-corrected chi connectivity index (χ1v) is 10.5. The number of rotatable bonds is 6. The van der Waals surface area contributed by atoms with E-state index in [1.54, 1.807) is 6.07 Å². The standard InChI is InChI=1S/C18H16N4O5S2/c1-21(2)29(26,27)14-8-9-15-16(11-14)28-18(19-15)20-17(23)10-5-12-3-6-13(7-4-12)22(24)25/h3-11H,1-2H3,(H,19,20,23)/b10-5-. The number of sulfonamides is 1. The molecule has 3 aromatic rings. The van der Waals surface area contributed by atoms with Crippen LogP contribution in [0.2, 0.25) is 0 Å². The normalized spacial score (nSPS) is 12.0. The second-order valence-electron chi connectivity index (χ2n) is 6.11. The Labute approximate surface area is 170 Å². The molecular formula is C18H16N4O5S2. The highest BCUT2D eigenvalue weighted by Crippen LogP contribution is 2.28. The van der Waals surface area contributed by atoms with Gasteiger partial charge in [0.1, 0.15) is 0 Å². The first-order valence-electron chi connectivity index (χ1n) is 8.23. The van der Waals surface area contributed by atoms with Crippen molar-refractivity contribution in [1.82, 2.24) is 9.29 Å². The Bertz CT molecular complexity index is 1210. The number of thiazole rings is 1. The molecule has 0 spiro atoms. The van der Waals surface area contributed by atoms with Gasteiger partial charge in [0.05, 0.1) is 20.0 Å². The van der Waals surface area contributed by atoms with Gasteiger partial charge in [-0.15, -0.1) is 0 Å². The van der Waals surface area contributed by atoms with Crippen molar-refractivity contribution >= 4 is 54.4 Å². The van der Waals surface area contributed by atoms with Crippen LogP contribution in [0.5, 0.6) is 0 Å². The SMILES string of the molecule is CN(C)S(=O)(=O)c1ccc2nc(NC(=O)/C=C\c3ccc([N+](=O)[O-])cc3)sc2c1. The number of hydrogen-bond acceptors (Lipinski definition) is 7. The van der Waals surface area contributed by atoms with Crippen molar-refractivity contribution in [1.29, 1.82) is 0 Å². The number of carbonyl (C=O) groups is 1. The molecule has 11 heteroatoms. The monoisotopic (exact) mass is 432 g/mol. The molecule has 2 aromatic carbocycles. The van der Waals surface area contributed by atoms with Crippen LogP contribution in [-0.2, 0) is 14.8 Å². The zero-order chi connectivity index (χ0) is 21.2. The van der Waals surface area contributed by atoms with Crippen molar-refractivity contribution in [2.75, 3.05) is 19.4 Å². The van der Waals surface area contributed by atoms with Crippen molar-refractivity contribution in [2.45, 2.75) is 4.90 Å². The molecule has 150 valence electrons. The summed E-state index contributed by atoms with van der Waals surface area (Å²) in [6.45, 7) is 0. The molecule has 1 heterocycles. The molecule has 0 unspecified atom stereocenters. The minimum absolute atomic E-state index is 0.0308. The van der Waals surface area contributed by atoms with E-state index in [0.717, 1.165) is 15.6 Å². The maximum Gasteiger partial charge on any atom is 0.269 e. The Morgan fingerprint density at radius 1 is 1.21 bits per heavy atom. The quantitative estimate of drug-likeness (QED) is 0.363. The molecule has 0 atom stereocenters. The Morgan fingerprint density at radius 3 is 2.52 bits per heavy atom. The maximum atomic E-state index is 12.2. The van der Waals surface area contributed by atoms with Gasteiger partial charge in [0.2, 0.25) is 15.9 Å². The van der Waals surface area contributed by atoms with Gasteiger partial charge in [-0.05, 0) is 42.0 Å². The number of nitrogens with one attached hydrogen (secondary N) is 1. The van der Waals surface area contributed by atoms with Crippen molar-refractivity contribution in [2.24, 2.45) is 0 Å². The first-order chi connectivity index (χ1) is 13.7. The molecule has 0 aliphatic carbocycles. The van der Waals surface area contributed by atoms with Crippen LogP contribution >= 0.6 is 11.3 Å². The fourth-order valence-electron chi connectivity index (χ4n) is 2.36. The maximum absolute atomic E-state index is 12.2. The number of hydrogen-bond donors (Lipinski definition) is 1. The van der Waals surface area contributed by atoms with E-state index in [4.69, 9.17) is 0 Å². The zero-order valence-corrected chi connectivity index (χ0v) is 17.0. The summed E-state index contributed by atoms with van der Waals surface area (Å²) in [6, 6.07) is 10.3. The molecule has 1 amide bonds. The molecule has 0 aliphatic rings. The molecule has 9 nitrogen and oxygen atoms in total. The molecule has 3 rings (SSSR count). The predicted molar refractivity (Wildman–Crippen MR) is 111 cm³/mol. The molecule has 1 N–H and O–H groups in total. The molecule has 0 saturated heterocycles. The number of benzene rings is 2. The molecular weight excluding hydrogens is 416 g/mol. The van der Waals surface area contributed by atoms with Crippen molar-refractivity contribution in [3.05, 3.63) is 64.2 Å². The third-order valence-electron chi connectivity index (χ3n) is 3.90. The highest BCUT2D eigenvalue weighted by molar-refractivity contribution is 7.89. The van der Waals surface area contributed by atoms with Gasteiger partial charge < -0.3 is 0 Å². The van der Waals surface area contributed by atoms with Crippen molar-refractivity contribution < 1.29 is 18.1 Å². The number of anilines is 1. The number of nitro groups is 1. The Kier molecular flexibility index (Phi) is 5.73. The zero-order valence-electron chi connectivity index (χ0n) is 15.4. The number of non-ortho nitro benzene ring substituents is 1. The molecule has 0 bridgehead atoms. The lowest BCUT2D eigenvalue weighted by molar-refractivity contribution is -0.384. The van der Waals surface area contributed by atoms with E-state index in [9.17, 15) is 23.3 Å². The fourth-order valence-corrected chi connectivity index (χ4v) is 4.27. The third-order valence-corrected chi connectivity index (χ3v) is 6.64. The van der Waals surface area contributed by atoms with Crippen molar-refractivity contribution in [3.63, 3.8) is 0 Å². The lowest BCUT2D eigenvalue weighted by Crippen LogP contribution is -2.22. The van der Waals surface area contributed by atoms with E-state index in [1.165, 1.54) is 62.6 Å². The van der Waals surface area contributed by atoms with Crippen LogP contribution in [0.25, 0.3) is 16.3 Å². The largest absolute Gasteiger partial charge is 0.298 e. The summed E-state index contributed by atoms with van der Waals surface area (Å²) in [5, 5.41) is 13.6. The van der Waals surface area contributed by atoms with Crippen LogP contribution in [0.3, 0.4) is 0 Å². The molecule has 0 radical (unpaired) electrons. The number of amides is 1. The lowest BCUT2D eigenvalue weighted by atomic mass is 10.2. The van der Waals surface area contributed by atoms with E-state index in [0.29, 0.717) is 20.9 Å². The van der Waals surface area contributed by atoms with Gasteiger partial charge in [0.15, 0.2) is 5.13 Å². The molecule has 29 heavy (non-hydrogen) atoms. The van der Waals surface area contributed by atoms with Crippen LogP contribution in [-0.4, -0.2) is 42.6 Å². The van der Waals surface area contributed by atoms with Gasteiger partial charge in [-0.25, -0.2) is 17.7 Å². The minimum Gasteiger partial charge on any atom is -0.298 e. The van der Waals surface area contributed by atoms with Gasteiger partial charge in [-0.2, -0.15) is 0 Å². The number of nitrogens with zero attached hydrogens (tertiary/aromatic N) is 3. The number of aromatic nitrogens is 1. The Morgan fingerprint density at radius 2 is 1.90 bits per heavy atom. The molecule has 0 aliphatic heterocycles. The van der Waals surface area contributed by atoms with E-state index in [2.05, 4.69) is 10.3 Å². The van der Waals surface area contributed by atoms with E-state index in [1.807, 2.05) is 0 Å². The third kappa shape index (κ3) is 4.65. The second kappa shape index (κ2) is 8.07. The van der Waals surface area contributed by atoms with Gasteiger partial charge in [0.25, 0.3) is 5.69 Å². The van der Waals surface area contributed by atoms with Crippen LogP contribution in [0.1, 0.15) is 5.56 Å². The summed E-state index contributed by atoms with van der Waals surface area (Å²) in [5.41, 5.74) is 1.17. The summed E-state index contributed by atoms with van der Waals surface area (Å²) in [4.78, 5) is 26.7.